The van der Waals surface area contributed by atoms with Gasteiger partial charge >= 0.3 is 0 Å². The zero-order chi connectivity index (χ0) is 24.0. The van der Waals surface area contributed by atoms with Crippen LogP contribution in [0.3, 0.4) is 0 Å². The van der Waals surface area contributed by atoms with Crippen molar-refractivity contribution in [3.05, 3.63) is 69.8 Å². The van der Waals surface area contributed by atoms with E-state index >= 15 is 0 Å². The standard InChI is InChI=1S/C31H48/c1-14-23(21-15-17-22(18-16-21)28(2,3)4)24-19-20-25(29(5,6)7)27(31(11,12)13)26(24)30(8,9)10/h15-20,23H,14H2,1-13H3. The van der Waals surface area contributed by atoms with E-state index in [0.717, 1.165) is 6.42 Å². The van der Waals surface area contributed by atoms with Gasteiger partial charge in [-0.25, -0.2) is 0 Å². The van der Waals surface area contributed by atoms with Crippen LogP contribution in [0, 0.1) is 0 Å². The summed E-state index contributed by atoms with van der Waals surface area (Å²) in [4.78, 5) is 0. The van der Waals surface area contributed by atoms with Gasteiger partial charge in [-0.15, -0.1) is 0 Å². The van der Waals surface area contributed by atoms with Crippen molar-refractivity contribution in [1.29, 1.82) is 0 Å². The second kappa shape index (κ2) is 8.42. The highest BCUT2D eigenvalue weighted by Gasteiger charge is 2.35. The van der Waals surface area contributed by atoms with E-state index in [1.165, 1.54) is 22.3 Å². The van der Waals surface area contributed by atoms with Crippen LogP contribution < -0.4 is 0 Å². The molecule has 2 rings (SSSR count). The second-order valence-corrected chi connectivity index (χ2v) is 13.5. The lowest BCUT2D eigenvalue weighted by atomic mass is 9.65. The van der Waals surface area contributed by atoms with Crippen LogP contribution in [0.15, 0.2) is 36.4 Å². The van der Waals surface area contributed by atoms with Gasteiger partial charge in [0, 0.05) is 5.92 Å². The summed E-state index contributed by atoms with van der Waals surface area (Å²) in [6.45, 7) is 30.6. The first-order valence-corrected chi connectivity index (χ1v) is 12.2. The number of benzene rings is 2. The van der Waals surface area contributed by atoms with Crippen LogP contribution in [0.4, 0.5) is 0 Å². The fraction of sp³-hybridized carbons (Fsp3) is 0.613. The maximum atomic E-state index is 2.45. The average Bonchev–Trinajstić information content (AvgIpc) is 2.59. The van der Waals surface area contributed by atoms with Crippen LogP contribution in [-0.4, -0.2) is 0 Å². The van der Waals surface area contributed by atoms with Crippen LogP contribution >= 0.6 is 0 Å². The monoisotopic (exact) mass is 420 g/mol. The lowest BCUT2D eigenvalue weighted by Gasteiger charge is -2.39. The molecule has 0 nitrogen and oxygen atoms in total. The van der Waals surface area contributed by atoms with Gasteiger partial charge in [0.25, 0.3) is 0 Å². The van der Waals surface area contributed by atoms with Gasteiger partial charge in [-0.3, -0.25) is 0 Å². The molecule has 0 heteroatoms. The molecule has 1 unspecified atom stereocenters. The van der Waals surface area contributed by atoms with E-state index in [1.807, 2.05) is 0 Å². The van der Waals surface area contributed by atoms with Crippen LogP contribution in [-0.2, 0) is 21.7 Å². The van der Waals surface area contributed by atoms with Gasteiger partial charge in [-0.05, 0) is 61.5 Å². The largest absolute Gasteiger partial charge is 0.0645 e. The van der Waals surface area contributed by atoms with Crippen molar-refractivity contribution in [2.24, 2.45) is 0 Å². The molecule has 0 N–H and O–H groups in total. The van der Waals surface area contributed by atoms with E-state index in [2.05, 4.69) is 126 Å². The zero-order valence-electron chi connectivity index (χ0n) is 22.7. The van der Waals surface area contributed by atoms with Crippen molar-refractivity contribution in [2.45, 2.75) is 124 Å². The van der Waals surface area contributed by atoms with Gasteiger partial charge in [0.2, 0.25) is 0 Å². The Hall–Kier alpha value is -1.56. The Morgan fingerprint density at radius 3 is 1.39 bits per heavy atom. The van der Waals surface area contributed by atoms with Gasteiger partial charge in [0.15, 0.2) is 0 Å². The summed E-state index contributed by atoms with van der Waals surface area (Å²) in [6, 6.07) is 14.3. The molecule has 31 heavy (non-hydrogen) atoms. The SMILES string of the molecule is CCC(c1ccc(C(C)(C)C)cc1)c1ccc(C(C)(C)C)c(C(C)(C)C)c1C(C)(C)C. The molecule has 0 fully saturated rings. The molecule has 1 atom stereocenters. The first-order chi connectivity index (χ1) is 13.9. The molecule has 2 aromatic carbocycles. The Morgan fingerprint density at radius 1 is 0.548 bits per heavy atom. The zero-order valence-corrected chi connectivity index (χ0v) is 22.7. The van der Waals surface area contributed by atoms with Crippen molar-refractivity contribution in [3.8, 4) is 0 Å². The summed E-state index contributed by atoms with van der Waals surface area (Å²) in [5.74, 6) is 0.415. The van der Waals surface area contributed by atoms with Crippen LogP contribution in [0.1, 0.15) is 136 Å². The fourth-order valence-corrected chi connectivity index (χ4v) is 4.97. The molecule has 0 heterocycles. The topological polar surface area (TPSA) is 0 Å². The summed E-state index contributed by atoms with van der Waals surface area (Å²) in [5.41, 5.74) is 9.43. The first-order valence-electron chi connectivity index (χ1n) is 12.2. The molecule has 0 saturated carbocycles. The third-order valence-electron chi connectivity index (χ3n) is 6.51. The Morgan fingerprint density at radius 2 is 1.03 bits per heavy atom. The van der Waals surface area contributed by atoms with E-state index in [0.29, 0.717) is 5.92 Å². The highest BCUT2D eigenvalue weighted by molar-refractivity contribution is 5.54. The summed E-state index contributed by atoms with van der Waals surface area (Å²) in [7, 11) is 0. The highest BCUT2D eigenvalue weighted by Crippen LogP contribution is 2.46. The molecule has 0 aliphatic heterocycles. The number of rotatable bonds is 3. The first kappa shape index (κ1) is 25.7. The van der Waals surface area contributed by atoms with Gasteiger partial charge < -0.3 is 0 Å². The van der Waals surface area contributed by atoms with Gasteiger partial charge in [0.05, 0.1) is 0 Å². The van der Waals surface area contributed by atoms with Crippen molar-refractivity contribution in [3.63, 3.8) is 0 Å². The quantitative estimate of drug-likeness (QED) is 0.464. The molecule has 2 aromatic rings. The summed E-state index contributed by atoms with van der Waals surface area (Å²) in [6.07, 6.45) is 1.11. The molecule has 0 saturated heterocycles. The molecule has 172 valence electrons. The summed E-state index contributed by atoms with van der Waals surface area (Å²) < 4.78 is 0. The highest BCUT2D eigenvalue weighted by atomic mass is 14.4. The fourth-order valence-electron chi connectivity index (χ4n) is 4.97. The molecule has 0 aromatic heterocycles. The molecule has 0 radical (unpaired) electrons. The van der Waals surface area contributed by atoms with Crippen molar-refractivity contribution in [2.75, 3.05) is 0 Å². The predicted molar refractivity (Wildman–Crippen MR) is 140 cm³/mol. The molecule has 0 aliphatic carbocycles. The molecular weight excluding hydrogens is 372 g/mol. The van der Waals surface area contributed by atoms with E-state index in [-0.39, 0.29) is 21.7 Å². The molecule has 0 aliphatic rings. The second-order valence-electron chi connectivity index (χ2n) is 13.5. The van der Waals surface area contributed by atoms with Gasteiger partial charge in [0.1, 0.15) is 0 Å². The van der Waals surface area contributed by atoms with Crippen molar-refractivity contribution in [1.82, 2.24) is 0 Å². The average molecular weight is 421 g/mol. The predicted octanol–water partition coefficient (Wildman–Crippen LogP) is 9.42. The summed E-state index contributed by atoms with van der Waals surface area (Å²) in [5, 5.41) is 0. The number of hydrogen-bond donors (Lipinski definition) is 0. The Bertz CT molecular complexity index is 882. The normalized spacial score (nSPS) is 14.6. The van der Waals surface area contributed by atoms with Gasteiger partial charge in [-0.1, -0.05) is 126 Å². The minimum atomic E-state index is 0.0813. The van der Waals surface area contributed by atoms with E-state index in [9.17, 15) is 0 Å². The van der Waals surface area contributed by atoms with E-state index in [4.69, 9.17) is 0 Å². The van der Waals surface area contributed by atoms with E-state index in [1.54, 1.807) is 11.1 Å². The van der Waals surface area contributed by atoms with Gasteiger partial charge in [-0.2, -0.15) is 0 Å². The molecule has 0 spiro atoms. The minimum Gasteiger partial charge on any atom is -0.0645 e. The van der Waals surface area contributed by atoms with Crippen LogP contribution in [0.25, 0.3) is 0 Å². The maximum Gasteiger partial charge on any atom is 0.00897 e. The Balaban J connectivity index is 2.83. The Kier molecular flexibility index (Phi) is 6.98. The van der Waals surface area contributed by atoms with Crippen molar-refractivity contribution >= 4 is 0 Å². The van der Waals surface area contributed by atoms with Crippen molar-refractivity contribution < 1.29 is 0 Å². The summed E-state index contributed by atoms with van der Waals surface area (Å²) >= 11 is 0. The smallest absolute Gasteiger partial charge is 0.00897 e. The van der Waals surface area contributed by atoms with E-state index < -0.39 is 0 Å². The van der Waals surface area contributed by atoms with Crippen LogP contribution in [0.2, 0.25) is 0 Å². The molecule has 0 amide bonds. The third kappa shape index (κ3) is 5.63. The minimum absolute atomic E-state index is 0.0813. The molecular formula is C31H48. The number of hydrogen-bond acceptors (Lipinski definition) is 0. The maximum absolute atomic E-state index is 2.45. The third-order valence-corrected chi connectivity index (χ3v) is 6.51. The lowest BCUT2D eigenvalue weighted by molar-refractivity contribution is 0.491. The van der Waals surface area contributed by atoms with Crippen LogP contribution in [0.5, 0.6) is 0 Å². The molecule has 0 bridgehead atoms. The lowest BCUT2D eigenvalue weighted by Crippen LogP contribution is -2.30. The Labute approximate surface area is 193 Å².